The van der Waals surface area contributed by atoms with Gasteiger partial charge >= 0.3 is 6.09 Å². The Morgan fingerprint density at radius 3 is 2.86 bits per heavy atom. The molecule has 0 radical (unpaired) electrons. The molecule has 0 aromatic heterocycles. The van der Waals surface area contributed by atoms with Crippen LogP contribution in [0.1, 0.15) is 12.5 Å². The molecule has 118 valence electrons. The van der Waals surface area contributed by atoms with Gasteiger partial charge in [0, 0.05) is 17.9 Å². The molecule has 1 unspecified atom stereocenters. The molecule has 22 heavy (non-hydrogen) atoms. The number of benzene rings is 1. The zero-order valence-electron chi connectivity index (χ0n) is 12.3. The minimum Gasteiger partial charge on any atom is -0.443 e. The first-order valence-corrected chi connectivity index (χ1v) is 7.24. The number of cyclic esters (lactones) is 1. The minimum atomic E-state index is -0.594. The van der Waals surface area contributed by atoms with Crippen molar-refractivity contribution in [2.75, 3.05) is 29.6 Å². The highest BCUT2D eigenvalue weighted by atomic mass is 19.1. The molecule has 1 fully saturated rings. The Kier molecular flexibility index (Phi) is 3.74. The van der Waals surface area contributed by atoms with Gasteiger partial charge in [0.25, 0.3) is 0 Å². The summed E-state index contributed by atoms with van der Waals surface area (Å²) in [6.45, 7) is 1.74. The van der Waals surface area contributed by atoms with Gasteiger partial charge in [-0.15, -0.1) is 0 Å². The zero-order chi connectivity index (χ0) is 15.9. The lowest BCUT2D eigenvalue weighted by Gasteiger charge is -2.23. The summed E-state index contributed by atoms with van der Waals surface area (Å²) in [5.41, 5.74) is 7.70. The van der Waals surface area contributed by atoms with Crippen molar-refractivity contribution < 1.29 is 18.7 Å². The van der Waals surface area contributed by atoms with Crippen LogP contribution >= 0.6 is 0 Å². The van der Waals surface area contributed by atoms with Gasteiger partial charge < -0.3 is 15.4 Å². The van der Waals surface area contributed by atoms with Gasteiger partial charge in [0.2, 0.25) is 5.91 Å². The van der Waals surface area contributed by atoms with Crippen molar-refractivity contribution in [2.24, 2.45) is 5.73 Å². The quantitative estimate of drug-likeness (QED) is 0.907. The maximum absolute atomic E-state index is 12.9. The van der Waals surface area contributed by atoms with Crippen molar-refractivity contribution in [3.05, 3.63) is 23.8 Å². The predicted octanol–water partition coefficient (Wildman–Crippen LogP) is 1.22. The molecular formula is C15H18FN3O3. The second-order valence-corrected chi connectivity index (χ2v) is 5.61. The molecule has 1 saturated heterocycles. The summed E-state index contributed by atoms with van der Waals surface area (Å²) in [5.74, 6) is -0.124. The van der Waals surface area contributed by atoms with Crippen LogP contribution < -0.4 is 15.5 Å². The lowest BCUT2D eigenvalue weighted by Crippen LogP contribution is -2.37. The number of carbonyl (C=O) groups is 2. The van der Waals surface area contributed by atoms with E-state index in [-0.39, 0.29) is 25.0 Å². The van der Waals surface area contributed by atoms with E-state index < -0.39 is 18.8 Å². The summed E-state index contributed by atoms with van der Waals surface area (Å²) in [4.78, 5) is 26.9. The van der Waals surface area contributed by atoms with E-state index in [4.69, 9.17) is 10.5 Å². The SMILES string of the molecule is CC(CF)N1C(=O)Cc2cc(N3C[C@@H](CN)OC3=O)ccc21. The number of fused-ring (bicyclic) bond motifs is 1. The molecule has 1 aromatic rings. The van der Waals surface area contributed by atoms with E-state index in [9.17, 15) is 14.0 Å². The Morgan fingerprint density at radius 2 is 2.23 bits per heavy atom. The molecule has 2 aliphatic rings. The monoisotopic (exact) mass is 307 g/mol. The summed E-state index contributed by atoms with van der Waals surface area (Å²) in [7, 11) is 0. The number of alkyl halides is 1. The van der Waals surface area contributed by atoms with Gasteiger partial charge in [-0.05, 0) is 30.7 Å². The summed E-state index contributed by atoms with van der Waals surface area (Å²) >= 11 is 0. The van der Waals surface area contributed by atoms with E-state index >= 15 is 0 Å². The lowest BCUT2D eigenvalue weighted by molar-refractivity contribution is -0.117. The highest BCUT2D eigenvalue weighted by molar-refractivity contribution is 6.03. The summed E-state index contributed by atoms with van der Waals surface area (Å²) < 4.78 is 18.0. The molecule has 3 rings (SSSR count). The number of halogens is 1. The molecular weight excluding hydrogens is 289 g/mol. The van der Waals surface area contributed by atoms with Gasteiger partial charge in [0.05, 0.1) is 19.0 Å². The number of amides is 2. The van der Waals surface area contributed by atoms with Crippen molar-refractivity contribution in [1.82, 2.24) is 0 Å². The van der Waals surface area contributed by atoms with Crippen molar-refractivity contribution in [3.8, 4) is 0 Å². The van der Waals surface area contributed by atoms with Gasteiger partial charge in [-0.2, -0.15) is 0 Å². The van der Waals surface area contributed by atoms with Crippen molar-refractivity contribution in [2.45, 2.75) is 25.5 Å². The standard InChI is InChI=1S/C15H18FN3O3/c1-9(6-16)19-13-3-2-11(4-10(13)5-14(19)20)18-8-12(7-17)22-15(18)21/h2-4,9,12H,5-8,17H2,1H3/t9?,12-/m1/s1. The fourth-order valence-corrected chi connectivity index (χ4v) is 2.91. The second kappa shape index (κ2) is 5.57. The van der Waals surface area contributed by atoms with E-state index in [0.717, 1.165) is 5.56 Å². The molecule has 0 saturated carbocycles. The van der Waals surface area contributed by atoms with Crippen LogP contribution in [0, 0.1) is 0 Å². The van der Waals surface area contributed by atoms with Crippen LogP contribution in [-0.4, -0.2) is 43.9 Å². The first-order valence-electron chi connectivity index (χ1n) is 7.24. The molecule has 0 spiro atoms. The summed E-state index contributed by atoms with van der Waals surface area (Å²) in [6, 6.07) is 4.80. The van der Waals surface area contributed by atoms with Crippen LogP contribution in [0.25, 0.3) is 0 Å². The van der Waals surface area contributed by atoms with Crippen LogP contribution in [0.2, 0.25) is 0 Å². The topological polar surface area (TPSA) is 75.9 Å². The van der Waals surface area contributed by atoms with Gasteiger partial charge in [-0.25, -0.2) is 9.18 Å². The second-order valence-electron chi connectivity index (χ2n) is 5.61. The average molecular weight is 307 g/mol. The van der Waals surface area contributed by atoms with Crippen molar-refractivity contribution in [1.29, 1.82) is 0 Å². The average Bonchev–Trinajstić information content (AvgIpc) is 3.04. The first-order chi connectivity index (χ1) is 10.5. The van der Waals surface area contributed by atoms with E-state index in [0.29, 0.717) is 17.9 Å². The third-order valence-corrected chi connectivity index (χ3v) is 4.05. The van der Waals surface area contributed by atoms with E-state index in [1.165, 1.54) is 9.80 Å². The number of carbonyl (C=O) groups excluding carboxylic acids is 2. The van der Waals surface area contributed by atoms with E-state index in [1.807, 2.05) is 0 Å². The maximum Gasteiger partial charge on any atom is 0.414 e. The van der Waals surface area contributed by atoms with Crippen LogP contribution in [0.4, 0.5) is 20.6 Å². The third kappa shape index (κ3) is 2.31. The highest BCUT2D eigenvalue weighted by Gasteiger charge is 2.34. The van der Waals surface area contributed by atoms with Gasteiger partial charge in [0.1, 0.15) is 12.8 Å². The highest BCUT2D eigenvalue weighted by Crippen LogP contribution is 2.34. The predicted molar refractivity (Wildman–Crippen MR) is 79.7 cm³/mol. The minimum absolute atomic E-state index is 0.124. The summed E-state index contributed by atoms with van der Waals surface area (Å²) in [5, 5.41) is 0. The normalized spacial score (nSPS) is 22.0. The molecule has 2 aliphatic heterocycles. The van der Waals surface area contributed by atoms with E-state index in [2.05, 4.69) is 0 Å². The first kappa shape index (κ1) is 14.8. The zero-order valence-corrected chi connectivity index (χ0v) is 12.3. The number of nitrogens with zero attached hydrogens (tertiary/aromatic N) is 2. The Balaban J connectivity index is 1.89. The number of anilines is 2. The van der Waals surface area contributed by atoms with Gasteiger partial charge in [-0.3, -0.25) is 9.69 Å². The number of hydrogen-bond acceptors (Lipinski definition) is 4. The molecule has 2 N–H and O–H groups in total. The largest absolute Gasteiger partial charge is 0.443 e. The van der Waals surface area contributed by atoms with Crippen LogP contribution in [-0.2, 0) is 16.0 Å². The molecule has 2 atom stereocenters. The van der Waals surface area contributed by atoms with Gasteiger partial charge in [0.15, 0.2) is 0 Å². The van der Waals surface area contributed by atoms with Crippen molar-refractivity contribution >= 4 is 23.4 Å². The van der Waals surface area contributed by atoms with Crippen LogP contribution in [0.3, 0.4) is 0 Å². The molecule has 0 aliphatic carbocycles. The molecule has 1 aromatic carbocycles. The molecule has 6 nitrogen and oxygen atoms in total. The Morgan fingerprint density at radius 1 is 1.45 bits per heavy atom. The molecule has 0 bridgehead atoms. The smallest absolute Gasteiger partial charge is 0.414 e. The molecule has 2 amide bonds. The van der Waals surface area contributed by atoms with Crippen LogP contribution in [0.5, 0.6) is 0 Å². The van der Waals surface area contributed by atoms with E-state index in [1.54, 1.807) is 25.1 Å². The lowest BCUT2D eigenvalue weighted by atomic mass is 10.1. The summed E-state index contributed by atoms with van der Waals surface area (Å²) in [6.07, 6.45) is -0.532. The number of rotatable bonds is 4. The number of ether oxygens (including phenoxy) is 1. The fraction of sp³-hybridized carbons (Fsp3) is 0.467. The van der Waals surface area contributed by atoms with Gasteiger partial charge in [-0.1, -0.05) is 0 Å². The number of nitrogens with two attached hydrogens (primary N) is 1. The third-order valence-electron chi connectivity index (χ3n) is 4.05. The van der Waals surface area contributed by atoms with Crippen molar-refractivity contribution in [3.63, 3.8) is 0 Å². The maximum atomic E-state index is 12.9. The molecule has 2 heterocycles. The fourth-order valence-electron chi connectivity index (χ4n) is 2.91. The van der Waals surface area contributed by atoms with Crippen LogP contribution in [0.15, 0.2) is 18.2 Å². The number of hydrogen-bond donors (Lipinski definition) is 1. The Bertz CT molecular complexity index is 622. The Hall–Kier alpha value is -2.15. The molecule has 7 heteroatoms. The Labute approximate surface area is 127 Å².